The van der Waals surface area contributed by atoms with Gasteiger partial charge in [-0.3, -0.25) is 4.79 Å². The summed E-state index contributed by atoms with van der Waals surface area (Å²) in [6.07, 6.45) is 2.36. The Kier molecular flexibility index (Phi) is 3.17. The van der Waals surface area contributed by atoms with Gasteiger partial charge in [-0.05, 0) is 37.5 Å². The molecule has 1 fully saturated rings. The molecule has 4 nitrogen and oxygen atoms in total. The number of halogens is 1. The largest absolute Gasteiger partial charge is 0.477 e. The quantitative estimate of drug-likeness (QED) is 0.935. The van der Waals surface area contributed by atoms with Gasteiger partial charge in [-0.25, -0.2) is 4.79 Å². The van der Waals surface area contributed by atoms with Gasteiger partial charge in [0, 0.05) is 21.5 Å². The van der Waals surface area contributed by atoms with Crippen LogP contribution in [0.25, 0.3) is 10.9 Å². The van der Waals surface area contributed by atoms with E-state index in [-0.39, 0.29) is 17.2 Å². The van der Waals surface area contributed by atoms with Crippen LogP contribution in [0.2, 0.25) is 0 Å². The Morgan fingerprint density at radius 3 is 2.70 bits per heavy atom. The molecule has 0 atom stereocenters. The summed E-state index contributed by atoms with van der Waals surface area (Å²) in [5, 5.41) is 10.1. The van der Waals surface area contributed by atoms with Crippen LogP contribution in [-0.4, -0.2) is 15.6 Å². The van der Waals surface area contributed by atoms with Crippen molar-refractivity contribution in [2.75, 3.05) is 0 Å². The molecule has 1 heterocycles. The van der Waals surface area contributed by atoms with Gasteiger partial charge >= 0.3 is 5.97 Å². The van der Waals surface area contributed by atoms with E-state index >= 15 is 0 Å². The molecule has 104 valence electrons. The smallest absolute Gasteiger partial charge is 0.352 e. The zero-order valence-corrected chi connectivity index (χ0v) is 12.6. The second-order valence-corrected chi connectivity index (χ2v) is 5.99. The van der Waals surface area contributed by atoms with E-state index in [9.17, 15) is 14.7 Å². The van der Waals surface area contributed by atoms with E-state index in [4.69, 9.17) is 0 Å². The molecule has 0 saturated heterocycles. The van der Waals surface area contributed by atoms with Gasteiger partial charge in [0.2, 0.25) is 0 Å². The molecule has 20 heavy (non-hydrogen) atoms. The van der Waals surface area contributed by atoms with Crippen molar-refractivity contribution in [3.05, 3.63) is 44.2 Å². The Hall–Kier alpha value is -1.62. The molecule has 1 aromatic carbocycles. The molecule has 0 bridgehead atoms. The highest BCUT2D eigenvalue weighted by molar-refractivity contribution is 9.10. The Labute approximate surface area is 124 Å². The molecular formula is C15H14BrNO3. The first-order valence-electron chi connectivity index (χ1n) is 6.64. The van der Waals surface area contributed by atoms with Crippen LogP contribution < -0.4 is 5.43 Å². The lowest BCUT2D eigenvalue weighted by atomic mass is 10.0. The summed E-state index contributed by atoms with van der Waals surface area (Å²) in [5.41, 5.74) is 1.11. The number of aromatic nitrogens is 1. The Bertz CT molecular complexity index is 775. The van der Waals surface area contributed by atoms with E-state index in [1.54, 1.807) is 6.07 Å². The van der Waals surface area contributed by atoms with Gasteiger partial charge in [0.1, 0.15) is 5.69 Å². The minimum atomic E-state index is -1.02. The van der Waals surface area contributed by atoms with Crippen LogP contribution in [0.4, 0.5) is 0 Å². The number of carboxylic acid groups (broad SMARTS) is 1. The van der Waals surface area contributed by atoms with Crippen molar-refractivity contribution in [3.8, 4) is 0 Å². The Morgan fingerprint density at radius 1 is 1.45 bits per heavy atom. The van der Waals surface area contributed by atoms with Crippen LogP contribution in [0, 0.1) is 0 Å². The second-order valence-electron chi connectivity index (χ2n) is 5.08. The van der Waals surface area contributed by atoms with Crippen LogP contribution in [-0.2, 0) is 6.42 Å². The van der Waals surface area contributed by atoms with E-state index in [2.05, 4.69) is 15.9 Å². The van der Waals surface area contributed by atoms with E-state index in [1.165, 1.54) is 0 Å². The number of hydrogen-bond donors (Lipinski definition) is 1. The molecule has 0 spiro atoms. The van der Waals surface area contributed by atoms with E-state index in [0.717, 1.165) is 17.3 Å². The zero-order chi connectivity index (χ0) is 14.4. The zero-order valence-electron chi connectivity index (χ0n) is 11.0. The molecule has 1 aliphatic rings. The molecule has 1 aliphatic carbocycles. The van der Waals surface area contributed by atoms with Crippen molar-refractivity contribution in [2.45, 2.75) is 32.2 Å². The van der Waals surface area contributed by atoms with Crippen LogP contribution in [0.15, 0.2) is 27.5 Å². The van der Waals surface area contributed by atoms with Crippen molar-refractivity contribution in [1.82, 2.24) is 4.57 Å². The molecule has 3 rings (SSSR count). The number of benzene rings is 1. The molecule has 1 N–H and O–H groups in total. The summed E-state index contributed by atoms with van der Waals surface area (Å²) < 4.78 is 2.68. The fraction of sp³-hybridized carbons (Fsp3) is 0.333. The summed E-state index contributed by atoms with van der Waals surface area (Å²) in [6, 6.07) is 5.62. The third-order valence-electron chi connectivity index (χ3n) is 3.73. The lowest BCUT2D eigenvalue weighted by Gasteiger charge is -2.17. The van der Waals surface area contributed by atoms with Gasteiger partial charge in [0.25, 0.3) is 0 Å². The SMILES string of the molecule is CCc1c(C(=O)O)n(C2CC2)c2cc(Br)ccc2c1=O. The molecule has 0 aliphatic heterocycles. The summed E-state index contributed by atoms with van der Waals surface area (Å²) in [5.74, 6) is -1.02. The first-order chi connectivity index (χ1) is 9.54. The topological polar surface area (TPSA) is 59.3 Å². The summed E-state index contributed by atoms with van der Waals surface area (Å²) >= 11 is 3.40. The molecule has 0 amide bonds. The minimum absolute atomic E-state index is 0.158. The molecule has 1 aromatic heterocycles. The summed E-state index contributed by atoms with van der Waals surface area (Å²) in [4.78, 5) is 24.1. The normalized spacial score (nSPS) is 14.7. The monoisotopic (exact) mass is 335 g/mol. The highest BCUT2D eigenvalue weighted by Crippen LogP contribution is 2.39. The molecule has 5 heteroatoms. The Morgan fingerprint density at radius 2 is 2.15 bits per heavy atom. The van der Waals surface area contributed by atoms with Crippen LogP contribution in [0.1, 0.15) is 41.9 Å². The number of rotatable bonds is 3. The van der Waals surface area contributed by atoms with Crippen molar-refractivity contribution in [3.63, 3.8) is 0 Å². The van der Waals surface area contributed by atoms with Gasteiger partial charge in [-0.15, -0.1) is 0 Å². The maximum absolute atomic E-state index is 12.5. The number of carbonyl (C=O) groups is 1. The molecule has 0 unspecified atom stereocenters. The molecule has 0 radical (unpaired) electrons. The third-order valence-corrected chi connectivity index (χ3v) is 4.23. The fourth-order valence-corrected chi connectivity index (χ4v) is 3.05. The molecule has 1 saturated carbocycles. The average molecular weight is 336 g/mol. The van der Waals surface area contributed by atoms with E-state index in [1.807, 2.05) is 23.6 Å². The van der Waals surface area contributed by atoms with Gasteiger partial charge in [0.15, 0.2) is 5.43 Å². The van der Waals surface area contributed by atoms with E-state index in [0.29, 0.717) is 22.9 Å². The average Bonchev–Trinajstić information content (AvgIpc) is 3.22. The number of hydrogen-bond acceptors (Lipinski definition) is 2. The van der Waals surface area contributed by atoms with Crippen molar-refractivity contribution in [2.24, 2.45) is 0 Å². The Balaban J connectivity index is 2.53. The van der Waals surface area contributed by atoms with E-state index < -0.39 is 5.97 Å². The predicted octanol–water partition coefficient (Wildman–Crippen LogP) is 3.36. The van der Waals surface area contributed by atoms with Crippen LogP contribution in [0.5, 0.6) is 0 Å². The highest BCUT2D eigenvalue weighted by Gasteiger charge is 2.31. The van der Waals surface area contributed by atoms with Gasteiger partial charge < -0.3 is 9.67 Å². The lowest BCUT2D eigenvalue weighted by molar-refractivity contribution is 0.0683. The number of aromatic carboxylic acids is 1. The highest BCUT2D eigenvalue weighted by atomic mass is 79.9. The van der Waals surface area contributed by atoms with Gasteiger partial charge in [-0.1, -0.05) is 22.9 Å². The second kappa shape index (κ2) is 4.74. The number of fused-ring (bicyclic) bond motifs is 1. The minimum Gasteiger partial charge on any atom is -0.477 e. The maximum atomic E-state index is 12.5. The first-order valence-corrected chi connectivity index (χ1v) is 7.43. The standard InChI is InChI=1S/C15H14BrNO3/c1-2-10-13(15(19)20)17(9-4-5-9)12-7-8(16)3-6-11(12)14(10)18/h3,6-7,9H,2,4-5H2,1H3,(H,19,20). The summed E-state index contributed by atoms with van der Waals surface area (Å²) in [7, 11) is 0. The maximum Gasteiger partial charge on any atom is 0.352 e. The van der Waals surface area contributed by atoms with Crippen molar-refractivity contribution >= 4 is 32.8 Å². The summed E-state index contributed by atoms with van der Waals surface area (Å²) in [6.45, 7) is 1.82. The van der Waals surface area contributed by atoms with Gasteiger partial charge in [-0.2, -0.15) is 0 Å². The third kappa shape index (κ3) is 1.97. The first kappa shape index (κ1) is 13.4. The predicted molar refractivity (Wildman–Crippen MR) is 80.5 cm³/mol. The fourth-order valence-electron chi connectivity index (χ4n) is 2.70. The number of pyridine rings is 1. The van der Waals surface area contributed by atoms with Crippen LogP contribution >= 0.6 is 15.9 Å². The number of nitrogens with zero attached hydrogens (tertiary/aromatic N) is 1. The van der Waals surface area contributed by atoms with Crippen molar-refractivity contribution in [1.29, 1.82) is 0 Å². The molecule has 2 aromatic rings. The van der Waals surface area contributed by atoms with Crippen molar-refractivity contribution < 1.29 is 9.90 Å². The molecular weight excluding hydrogens is 322 g/mol. The van der Waals surface area contributed by atoms with Crippen LogP contribution in [0.3, 0.4) is 0 Å². The van der Waals surface area contributed by atoms with Gasteiger partial charge in [0.05, 0.1) is 5.52 Å². The lowest BCUT2D eigenvalue weighted by Crippen LogP contribution is -2.23. The number of carboxylic acids is 1.